The average molecular weight is 1090 g/mol. The molecule has 0 bridgehead atoms. The lowest BCUT2D eigenvalue weighted by Gasteiger charge is -2.21. The molecule has 0 amide bonds. The second-order valence-electron chi connectivity index (χ2n) is 17.9. The molecule has 8 aromatic rings. The summed E-state index contributed by atoms with van der Waals surface area (Å²) in [6.45, 7) is 2.85. The molecule has 2 atom stereocenters. The number of carboxylic acids is 2. The van der Waals surface area contributed by atoms with Crippen LogP contribution in [0.15, 0.2) is 168 Å². The third-order valence-electron chi connectivity index (χ3n) is 12.7. The number of Topliss-reactive ketones (excluding diaryl/α,β-unsaturated/α-hetero) is 4. The van der Waals surface area contributed by atoms with Gasteiger partial charge < -0.3 is 28.8 Å². The maximum absolute atomic E-state index is 13.6. The number of carboxylic acid groups (broad SMARTS) is 2. The van der Waals surface area contributed by atoms with Crippen LogP contribution in [0.1, 0.15) is 89.6 Å². The molecule has 2 N–H and O–H groups in total. The SMILES string of the molecule is COc1cn([C@@H](Cc2cccnc2)C(=O)Cc2ccc(C(=O)O)cc2)c(=O)cc1-c1cc(Cl)ccc1C(C)=O.COc1cn([C@H](Cc2cccnc2)C(=O)Cc2ccc(C(=O)O)cc2)c(=O)cc1-c1cc(Cl)ccc1C(C)=O. The Labute approximate surface area is 457 Å². The van der Waals surface area contributed by atoms with Gasteiger partial charge >= 0.3 is 11.9 Å². The number of hydrogen-bond acceptors (Lipinski definition) is 12. The number of methoxy groups -OCH3 is 2. The summed E-state index contributed by atoms with van der Waals surface area (Å²) in [6, 6.07) is 29.6. The molecule has 8 rings (SSSR count). The number of carbonyl (C=O) groups excluding carboxylic acids is 4. The number of carbonyl (C=O) groups is 6. The van der Waals surface area contributed by atoms with Crippen LogP contribution in [-0.4, -0.2) is 78.6 Å². The van der Waals surface area contributed by atoms with Crippen molar-refractivity contribution in [1.82, 2.24) is 19.1 Å². The van der Waals surface area contributed by atoms with E-state index in [1.54, 1.807) is 97.6 Å². The van der Waals surface area contributed by atoms with Crippen molar-refractivity contribution in [3.63, 3.8) is 0 Å². The summed E-state index contributed by atoms with van der Waals surface area (Å²) in [5, 5.41) is 19.1. The number of nitrogens with zero attached hydrogens (tertiary/aromatic N) is 4. The summed E-state index contributed by atoms with van der Waals surface area (Å²) in [6.07, 6.45) is 9.76. The second-order valence-corrected chi connectivity index (χ2v) is 18.8. The van der Waals surface area contributed by atoms with Crippen molar-refractivity contribution >= 4 is 58.3 Å². The zero-order chi connectivity index (χ0) is 56.2. The Morgan fingerprint density at radius 2 is 0.885 bits per heavy atom. The third-order valence-corrected chi connectivity index (χ3v) is 13.2. The Bertz CT molecular complexity index is 3440. The lowest BCUT2D eigenvalue weighted by molar-refractivity contribution is -0.122. The van der Waals surface area contributed by atoms with Gasteiger partial charge in [0, 0.05) is 94.9 Å². The fraction of sp³-hybridized carbons (Fsp3) is 0.167. The number of hydrogen-bond donors (Lipinski definition) is 2. The summed E-state index contributed by atoms with van der Waals surface area (Å²) in [7, 11) is 2.88. The van der Waals surface area contributed by atoms with Crippen LogP contribution in [0.4, 0.5) is 0 Å². The van der Waals surface area contributed by atoms with Gasteiger partial charge in [-0.25, -0.2) is 9.59 Å². The van der Waals surface area contributed by atoms with Gasteiger partial charge in [-0.05, 0) is 120 Å². The minimum atomic E-state index is -1.06. The first-order chi connectivity index (χ1) is 37.3. The molecule has 0 fully saturated rings. The van der Waals surface area contributed by atoms with E-state index < -0.39 is 35.1 Å². The van der Waals surface area contributed by atoms with Gasteiger partial charge in [0.25, 0.3) is 11.1 Å². The predicted octanol–water partition coefficient (Wildman–Crippen LogP) is 10.1. The van der Waals surface area contributed by atoms with E-state index >= 15 is 0 Å². The highest BCUT2D eigenvalue weighted by molar-refractivity contribution is 6.31. The zero-order valence-corrected chi connectivity index (χ0v) is 44.0. The molecule has 0 spiro atoms. The molecule has 0 unspecified atom stereocenters. The summed E-state index contributed by atoms with van der Waals surface area (Å²) in [4.78, 5) is 109. The van der Waals surface area contributed by atoms with Gasteiger partial charge in [-0.2, -0.15) is 0 Å². The molecule has 18 heteroatoms. The Morgan fingerprint density at radius 1 is 0.513 bits per heavy atom. The fourth-order valence-electron chi connectivity index (χ4n) is 8.77. The first kappa shape index (κ1) is 56.6. The maximum atomic E-state index is 13.6. The maximum Gasteiger partial charge on any atom is 0.335 e. The molecule has 0 radical (unpaired) electrons. The van der Waals surface area contributed by atoms with Crippen molar-refractivity contribution in [3.05, 3.63) is 234 Å². The van der Waals surface area contributed by atoms with Crippen molar-refractivity contribution in [2.45, 2.75) is 51.6 Å². The number of halogens is 2. The number of ether oxygens (including phenoxy) is 2. The lowest BCUT2D eigenvalue weighted by atomic mass is 9.95. The van der Waals surface area contributed by atoms with Crippen molar-refractivity contribution in [1.29, 1.82) is 0 Å². The molecule has 0 aliphatic rings. The van der Waals surface area contributed by atoms with Crippen LogP contribution in [0.5, 0.6) is 11.5 Å². The van der Waals surface area contributed by atoms with Crippen LogP contribution in [0.3, 0.4) is 0 Å². The van der Waals surface area contributed by atoms with E-state index in [2.05, 4.69) is 9.97 Å². The average Bonchev–Trinajstić information content (AvgIpc) is 3.43. The third kappa shape index (κ3) is 13.8. The Hall–Kier alpha value is -9.12. The Balaban J connectivity index is 0.000000226. The largest absolute Gasteiger partial charge is 0.495 e. The highest BCUT2D eigenvalue weighted by atomic mass is 35.5. The molecular weight excluding hydrogens is 1040 g/mol. The topological polar surface area (TPSA) is 231 Å². The van der Waals surface area contributed by atoms with E-state index in [9.17, 15) is 38.4 Å². The first-order valence-corrected chi connectivity index (χ1v) is 24.8. The molecule has 0 aliphatic heterocycles. The van der Waals surface area contributed by atoms with E-state index in [0.29, 0.717) is 54.6 Å². The summed E-state index contributed by atoms with van der Waals surface area (Å²) in [5.41, 5.74) is 4.42. The van der Waals surface area contributed by atoms with Crippen molar-refractivity contribution < 1.29 is 48.5 Å². The van der Waals surface area contributed by atoms with E-state index in [-0.39, 0.29) is 71.4 Å². The second kappa shape index (κ2) is 25.6. The quantitative estimate of drug-likeness (QED) is 0.0677. The molecule has 396 valence electrons. The van der Waals surface area contributed by atoms with Crippen LogP contribution in [-0.2, 0) is 35.3 Å². The zero-order valence-electron chi connectivity index (χ0n) is 42.5. The highest BCUT2D eigenvalue weighted by Gasteiger charge is 2.27. The van der Waals surface area contributed by atoms with E-state index in [4.69, 9.17) is 42.9 Å². The van der Waals surface area contributed by atoms with Gasteiger partial charge in [0.05, 0.1) is 49.8 Å². The normalized spacial score (nSPS) is 11.6. The first-order valence-electron chi connectivity index (χ1n) is 24.0. The highest BCUT2D eigenvalue weighted by Crippen LogP contribution is 2.36. The summed E-state index contributed by atoms with van der Waals surface area (Å²) >= 11 is 12.4. The Kier molecular flexibility index (Phi) is 18.6. The predicted molar refractivity (Wildman–Crippen MR) is 294 cm³/mol. The molecule has 4 heterocycles. The van der Waals surface area contributed by atoms with Crippen LogP contribution in [0.2, 0.25) is 10.0 Å². The standard InChI is InChI=1S/2C30H25ClN2O6/c2*1-18(34)23-10-9-22(31)14-24(23)25-15-29(36)33(17-28(25)39-2)26(12-20-4-3-11-32-16-20)27(35)13-19-5-7-21(8-6-19)30(37)38/h2*3-11,14-17,26H,12-13H2,1-2H3,(H,37,38)/t2*26-/m10/s1. The minimum absolute atomic E-state index is 0.0237. The smallest absolute Gasteiger partial charge is 0.335 e. The van der Waals surface area contributed by atoms with Crippen LogP contribution in [0, 0.1) is 0 Å². The van der Waals surface area contributed by atoms with E-state index in [1.807, 2.05) is 12.1 Å². The number of benzene rings is 4. The molecule has 78 heavy (non-hydrogen) atoms. The Morgan fingerprint density at radius 3 is 1.19 bits per heavy atom. The lowest BCUT2D eigenvalue weighted by Crippen LogP contribution is -2.32. The minimum Gasteiger partial charge on any atom is -0.495 e. The van der Waals surface area contributed by atoms with Gasteiger partial charge in [-0.15, -0.1) is 0 Å². The van der Waals surface area contributed by atoms with Crippen molar-refractivity contribution in [2.24, 2.45) is 0 Å². The number of ketones is 4. The monoisotopic (exact) mass is 1090 g/mol. The van der Waals surface area contributed by atoms with Crippen LogP contribution in [0.25, 0.3) is 22.3 Å². The number of pyridine rings is 4. The van der Waals surface area contributed by atoms with E-state index in [1.165, 1.54) is 86.0 Å². The number of aromatic carboxylic acids is 2. The molecular formula is C60H50Cl2N4O12. The number of aromatic nitrogens is 4. The van der Waals surface area contributed by atoms with Gasteiger partial charge in [0.1, 0.15) is 11.5 Å². The van der Waals surface area contributed by atoms with Gasteiger partial charge in [0.15, 0.2) is 23.1 Å². The molecule has 4 aromatic carbocycles. The molecule has 0 aliphatic carbocycles. The molecule has 0 saturated carbocycles. The van der Waals surface area contributed by atoms with E-state index in [0.717, 1.165) is 11.1 Å². The van der Waals surface area contributed by atoms with Gasteiger partial charge in [0.2, 0.25) is 0 Å². The van der Waals surface area contributed by atoms with Gasteiger partial charge in [-0.3, -0.25) is 38.7 Å². The van der Waals surface area contributed by atoms with Crippen molar-refractivity contribution in [2.75, 3.05) is 14.2 Å². The fourth-order valence-corrected chi connectivity index (χ4v) is 9.11. The van der Waals surface area contributed by atoms with Crippen LogP contribution < -0.4 is 20.6 Å². The van der Waals surface area contributed by atoms with Crippen molar-refractivity contribution in [3.8, 4) is 33.8 Å². The summed E-state index contributed by atoms with van der Waals surface area (Å²) in [5.74, 6) is -2.47. The molecule has 16 nitrogen and oxygen atoms in total. The van der Waals surface area contributed by atoms with Crippen LogP contribution >= 0.6 is 23.2 Å². The number of rotatable bonds is 20. The molecule has 0 saturated heterocycles. The van der Waals surface area contributed by atoms with Gasteiger partial charge in [-0.1, -0.05) is 59.6 Å². The summed E-state index contributed by atoms with van der Waals surface area (Å²) < 4.78 is 13.9. The molecule has 4 aromatic heterocycles.